The third-order valence-electron chi connectivity index (χ3n) is 2.62. The largest absolute Gasteiger partial charge is 0.338 e. The van der Waals surface area contributed by atoms with Crippen LogP contribution < -0.4 is 0 Å². The summed E-state index contributed by atoms with van der Waals surface area (Å²) in [4.78, 5) is 11.8. The lowest BCUT2D eigenvalue weighted by molar-refractivity contribution is -0.152. The highest BCUT2D eigenvalue weighted by Gasteiger charge is 2.43. The van der Waals surface area contributed by atoms with E-state index in [4.69, 9.17) is 9.47 Å². The predicted octanol–water partition coefficient (Wildman–Crippen LogP) is 2.02. The fourth-order valence-corrected chi connectivity index (χ4v) is 2.17. The lowest BCUT2D eigenvalue weighted by atomic mass is 10.1. The number of carbonyl (C=O) groups excluding carboxylic acids is 1. The summed E-state index contributed by atoms with van der Waals surface area (Å²) < 4.78 is 26.6. The summed E-state index contributed by atoms with van der Waals surface area (Å²) in [6.45, 7) is 10.8. The zero-order valence-electron chi connectivity index (χ0n) is 12.4. The minimum atomic E-state index is -1.37. The van der Waals surface area contributed by atoms with Crippen LogP contribution in [-0.4, -0.2) is 38.9 Å². The third kappa shape index (κ3) is 4.47. The Morgan fingerprint density at radius 2 is 1.95 bits per heavy atom. The monoisotopic (exact) mass is 289 g/mol. The molecule has 0 amide bonds. The van der Waals surface area contributed by atoms with Gasteiger partial charge in [0.05, 0.1) is 4.75 Å². The van der Waals surface area contributed by atoms with Crippen molar-refractivity contribution in [1.29, 1.82) is 0 Å². The number of nitrogens with zero attached hydrogens (tertiary/aromatic N) is 1. The number of ketones is 1. The van der Waals surface area contributed by atoms with E-state index in [2.05, 4.69) is 4.40 Å². The summed E-state index contributed by atoms with van der Waals surface area (Å²) >= 11 is 0. The van der Waals surface area contributed by atoms with Gasteiger partial charge in [0.25, 0.3) is 0 Å². The number of rotatable bonds is 4. The van der Waals surface area contributed by atoms with E-state index in [1.54, 1.807) is 20.8 Å². The van der Waals surface area contributed by atoms with Gasteiger partial charge >= 0.3 is 0 Å². The smallest absolute Gasteiger partial charge is 0.164 e. The number of hydrogen-bond donors (Lipinski definition) is 0. The molecule has 0 unspecified atom stereocenters. The predicted molar refractivity (Wildman–Crippen MR) is 75.5 cm³/mol. The molecule has 0 aromatic heterocycles. The van der Waals surface area contributed by atoms with E-state index in [-0.39, 0.29) is 5.78 Å². The first-order valence-corrected chi connectivity index (χ1v) is 7.52. The average molecular weight is 289 g/mol. The highest BCUT2D eigenvalue weighted by atomic mass is 32.2. The van der Waals surface area contributed by atoms with E-state index in [1.807, 2.05) is 20.8 Å². The fraction of sp³-hybridized carbons (Fsp3) is 0.846. The molecular formula is C13H23NO4S. The summed E-state index contributed by atoms with van der Waals surface area (Å²) in [5.41, 5.74) is 0. The molecule has 1 rings (SSSR count). The van der Waals surface area contributed by atoms with Gasteiger partial charge in [0.15, 0.2) is 17.7 Å². The Hall–Kier alpha value is -0.590. The van der Waals surface area contributed by atoms with Crippen LogP contribution in [0, 0.1) is 0 Å². The standard InChI is InChI=1S/C13H23NO4S/c1-7-9(15)11-10(17-13(5,6)18-11)8-14-19(16)12(2,3)4/h8,10-11H,7H2,1-6H3/b14-8+/t10-,11+,19-/m1/s1. The van der Waals surface area contributed by atoms with E-state index >= 15 is 0 Å². The van der Waals surface area contributed by atoms with E-state index in [9.17, 15) is 9.00 Å². The molecular weight excluding hydrogens is 266 g/mol. The van der Waals surface area contributed by atoms with Crippen molar-refractivity contribution in [2.75, 3.05) is 0 Å². The van der Waals surface area contributed by atoms with Crippen LogP contribution in [0.3, 0.4) is 0 Å². The lowest BCUT2D eigenvalue weighted by Crippen LogP contribution is -2.32. The maximum absolute atomic E-state index is 11.9. The van der Waals surface area contributed by atoms with Crippen LogP contribution in [0.25, 0.3) is 0 Å². The molecule has 0 saturated carbocycles. The topological polar surface area (TPSA) is 65.0 Å². The summed E-state index contributed by atoms with van der Waals surface area (Å²) in [7, 11) is -1.37. The summed E-state index contributed by atoms with van der Waals surface area (Å²) in [5, 5.41) is 0. The van der Waals surface area contributed by atoms with Crippen LogP contribution in [0.1, 0.15) is 48.0 Å². The second kappa shape index (κ2) is 5.81. The van der Waals surface area contributed by atoms with Crippen molar-refractivity contribution >= 4 is 23.0 Å². The van der Waals surface area contributed by atoms with Crippen LogP contribution >= 0.6 is 0 Å². The first-order chi connectivity index (χ1) is 8.57. The van der Waals surface area contributed by atoms with E-state index in [0.717, 1.165) is 0 Å². The molecule has 1 aliphatic rings. The van der Waals surface area contributed by atoms with Gasteiger partial charge in [-0.15, -0.1) is 0 Å². The van der Waals surface area contributed by atoms with Gasteiger partial charge in [0.2, 0.25) is 0 Å². The molecule has 0 aromatic carbocycles. The van der Waals surface area contributed by atoms with Crippen molar-refractivity contribution in [2.45, 2.75) is 70.7 Å². The Balaban J connectivity index is 2.83. The Morgan fingerprint density at radius 1 is 1.37 bits per heavy atom. The summed E-state index contributed by atoms with van der Waals surface area (Å²) in [5.74, 6) is -0.862. The third-order valence-corrected chi connectivity index (χ3v) is 3.98. The van der Waals surface area contributed by atoms with Gasteiger partial charge in [0.1, 0.15) is 17.1 Å². The molecule has 19 heavy (non-hydrogen) atoms. The molecule has 1 saturated heterocycles. The molecule has 0 radical (unpaired) electrons. The van der Waals surface area contributed by atoms with Gasteiger partial charge in [-0.3, -0.25) is 4.79 Å². The Kier molecular flexibility index (Phi) is 5.03. The van der Waals surface area contributed by atoms with E-state index in [0.29, 0.717) is 6.42 Å². The number of Topliss-reactive ketones (excluding diaryl/α,β-unsaturated/α-hetero) is 1. The molecule has 0 spiro atoms. The summed E-state index contributed by atoms with van der Waals surface area (Å²) in [6, 6.07) is 0. The summed E-state index contributed by atoms with van der Waals surface area (Å²) in [6.07, 6.45) is 0.569. The van der Waals surface area contributed by atoms with Gasteiger partial charge < -0.3 is 9.47 Å². The minimum absolute atomic E-state index is 0.0384. The Morgan fingerprint density at radius 3 is 2.42 bits per heavy atom. The van der Waals surface area contributed by atoms with Crippen molar-refractivity contribution in [1.82, 2.24) is 0 Å². The maximum atomic E-state index is 11.9. The lowest BCUT2D eigenvalue weighted by Gasteiger charge is -2.16. The van der Waals surface area contributed by atoms with Crippen molar-refractivity contribution in [2.24, 2.45) is 4.40 Å². The molecule has 1 aliphatic heterocycles. The minimum Gasteiger partial charge on any atom is -0.338 e. The quantitative estimate of drug-likeness (QED) is 0.743. The average Bonchev–Trinajstić information content (AvgIpc) is 2.59. The first kappa shape index (κ1) is 16.5. The highest BCUT2D eigenvalue weighted by Crippen LogP contribution is 2.28. The van der Waals surface area contributed by atoms with Gasteiger partial charge in [-0.1, -0.05) is 6.92 Å². The highest BCUT2D eigenvalue weighted by molar-refractivity contribution is 7.85. The van der Waals surface area contributed by atoms with Gasteiger partial charge in [-0.25, -0.2) is 4.21 Å². The second-order valence-electron chi connectivity index (χ2n) is 5.96. The SMILES string of the molecule is CCC(=O)[C@@H]1OC(C)(C)O[C@@H]1/C=N/[S@](=O)C(C)(C)C. The molecule has 110 valence electrons. The van der Waals surface area contributed by atoms with E-state index < -0.39 is 33.7 Å². The molecule has 5 nitrogen and oxygen atoms in total. The zero-order chi connectivity index (χ0) is 14.8. The molecule has 0 N–H and O–H groups in total. The molecule has 3 atom stereocenters. The Bertz CT molecular complexity index is 398. The molecule has 0 aromatic rings. The normalized spacial score (nSPS) is 28.7. The van der Waals surface area contributed by atoms with Crippen molar-refractivity contribution in [3.63, 3.8) is 0 Å². The number of ether oxygens (including phenoxy) is 2. The van der Waals surface area contributed by atoms with Crippen LogP contribution in [0.2, 0.25) is 0 Å². The molecule has 1 fully saturated rings. The van der Waals surface area contributed by atoms with Gasteiger partial charge in [-0.2, -0.15) is 4.40 Å². The van der Waals surface area contributed by atoms with Gasteiger partial charge in [0, 0.05) is 12.6 Å². The number of hydrogen-bond acceptors (Lipinski definition) is 4. The van der Waals surface area contributed by atoms with Crippen LogP contribution in [0.15, 0.2) is 4.40 Å². The molecule has 1 heterocycles. The maximum Gasteiger partial charge on any atom is 0.164 e. The van der Waals surface area contributed by atoms with E-state index in [1.165, 1.54) is 6.21 Å². The van der Waals surface area contributed by atoms with Gasteiger partial charge in [-0.05, 0) is 34.6 Å². The van der Waals surface area contributed by atoms with Crippen molar-refractivity contribution < 1.29 is 18.5 Å². The molecule has 6 heteroatoms. The van der Waals surface area contributed by atoms with Crippen LogP contribution in [0.5, 0.6) is 0 Å². The fourth-order valence-electron chi connectivity index (χ4n) is 1.62. The second-order valence-corrected chi connectivity index (χ2v) is 7.89. The molecule has 0 bridgehead atoms. The first-order valence-electron chi connectivity index (χ1n) is 6.41. The Labute approximate surface area is 117 Å². The van der Waals surface area contributed by atoms with Crippen molar-refractivity contribution in [3.05, 3.63) is 0 Å². The van der Waals surface area contributed by atoms with Crippen molar-refractivity contribution in [3.8, 4) is 0 Å². The molecule has 0 aliphatic carbocycles. The van der Waals surface area contributed by atoms with Crippen LogP contribution in [0.4, 0.5) is 0 Å². The zero-order valence-corrected chi connectivity index (χ0v) is 13.2. The number of carbonyl (C=O) groups is 1. The van der Waals surface area contributed by atoms with Crippen LogP contribution in [-0.2, 0) is 25.3 Å².